The van der Waals surface area contributed by atoms with Crippen molar-refractivity contribution in [2.24, 2.45) is 5.41 Å². The number of nitrogens with zero attached hydrogens (tertiary/aromatic N) is 2. The molecule has 1 saturated heterocycles. The van der Waals surface area contributed by atoms with Gasteiger partial charge >= 0.3 is 0 Å². The van der Waals surface area contributed by atoms with Gasteiger partial charge in [0, 0.05) is 31.9 Å². The highest BCUT2D eigenvalue weighted by atomic mass is 16.2. The minimum atomic E-state index is -0.910. The molecule has 128 valence electrons. The molecule has 1 aliphatic carbocycles. The number of rotatable bonds is 5. The highest BCUT2D eigenvalue weighted by Crippen LogP contribution is 2.48. The normalized spacial score (nSPS) is 18.9. The number of anilines is 1. The first kappa shape index (κ1) is 16.5. The molecule has 0 spiro atoms. The lowest BCUT2D eigenvalue weighted by Crippen LogP contribution is -2.52. The van der Waals surface area contributed by atoms with E-state index < -0.39 is 5.41 Å². The molecule has 3 rings (SSSR count). The van der Waals surface area contributed by atoms with E-state index in [0.29, 0.717) is 39.0 Å². The van der Waals surface area contributed by atoms with Crippen LogP contribution in [0.5, 0.6) is 0 Å². The third-order valence-corrected chi connectivity index (χ3v) is 4.96. The van der Waals surface area contributed by atoms with Gasteiger partial charge in [0.1, 0.15) is 5.41 Å². The van der Waals surface area contributed by atoms with Crippen LogP contribution in [0.3, 0.4) is 0 Å². The van der Waals surface area contributed by atoms with Crippen molar-refractivity contribution in [3.63, 3.8) is 0 Å². The van der Waals surface area contributed by atoms with Crippen LogP contribution in [0, 0.1) is 5.41 Å². The highest BCUT2D eigenvalue weighted by molar-refractivity contribution is 6.13. The largest absolute Gasteiger partial charge is 0.342 e. The van der Waals surface area contributed by atoms with E-state index in [-0.39, 0.29) is 11.8 Å². The fraction of sp³-hybridized carbons (Fsp3) is 0.500. The van der Waals surface area contributed by atoms with Crippen LogP contribution in [0.25, 0.3) is 0 Å². The highest BCUT2D eigenvalue weighted by Gasteiger charge is 2.58. The zero-order valence-electron chi connectivity index (χ0n) is 14.0. The van der Waals surface area contributed by atoms with Crippen molar-refractivity contribution in [1.29, 1.82) is 0 Å². The molecule has 1 saturated carbocycles. The van der Waals surface area contributed by atoms with Gasteiger partial charge in [0.2, 0.25) is 18.2 Å². The first-order chi connectivity index (χ1) is 11.6. The summed E-state index contributed by atoms with van der Waals surface area (Å²) in [7, 11) is 0. The number of carbonyl (C=O) groups excluding carboxylic acids is 3. The van der Waals surface area contributed by atoms with Crippen molar-refractivity contribution in [1.82, 2.24) is 9.80 Å². The van der Waals surface area contributed by atoms with Crippen molar-refractivity contribution in [2.75, 3.05) is 31.5 Å². The third kappa shape index (κ3) is 3.13. The molecule has 24 heavy (non-hydrogen) atoms. The number of hydrogen-bond donors (Lipinski definition) is 1. The molecule has 2 fully saturated rings. The lowest BCUT2D eigenvalue weighted by molar-refractivity contribution is -0.144. The minimum absolute atomic E-state index is 0.101. The Morgan fingerprint density at radius 3 is 2.25 bits per heavy atom. The quantitative estimate of drug-likeness (QED) is 0.653. The smallest absolute Gasteiger partial charge is 0.240 e. The summed E-state index contributed by atoms with van der Waals surface area (Å²) in [6.45, 7) is 4.14. The van der Waals surface area contributed by atoms with E-state index in [2.05, 4.69) is 12.2 Å². The van der Waals surface area contributed by atoms with Crippen LogP contribution in [0.2, 0.25) is 0 Å². The van der Waals surface area contributed by atoms with Gasteiger partial charge in [0.05, 0.1) is 0 Å². The second-order valence-corrected chi connectivity index (χ2v) is 6.52. The number of benzene rings is 1. The monoisotopic (exact) mass is 329 g/mol. The second-order valence-electron chi connectivity index (χ2n) is 6.52. The second kappa shape index (κ2) is 6.63. The first-order valence-corrected chi connectivity index (χ1v) is 8.48. The van der Waals surface area contributed by atoms with Gasteiger partial charge in [-0.1, -0.05) is 19.1 Å². The third-order valence-electron chi connectivity index (χ3n) is 4.96. The maximum absolute atomic E-state index is 12.8. The number of nitrogens with one attached hydrogen (secondary N) is 1. The molecule has 0 unspecified atom stereocenters. The summed E-state index contributed by atoms with van der Waals surface area (Å²) in [5, 5.41) is 2.88. The molecule has 1 aliphatic heterocycles. The zero-order valence-corrected chi connectivity index (χ0v) is 14.0. The molecule has 2 aliphatic rings. The molecular formula is C18H23N3O3. The maximum atomic E-state index is 12.8. The van der Waals surface area contributed by atoms with Crippen LogP contribution >= 0.6 is 0 Å². The molecule has 1 heterocycles. The Morgan fingerprint density at radius 1 is 1.12 bits per heavy atom. The topological polar surface area (TPSA) is 69.7 Å². The van der Waals surface area contributed by atoms with Crippen molar-refractivity contribution >= 4 is 23.9 Å². The summed E-state index contributed by atoms with van der Waals surface area (Å²) in [5.41, 5.74) is 1.02. The molecule has 3 amide bonds. The van der Waals surface area contributed by atoms with Crippen LogP contribution < -0.4 is 5.32 Å². The zero-order chi connectivity index (χ0) is 17.2. The molecule has 6 nitrogen and oxygen atoms in total. The van der Waals surface area contributed by atoms with Crippen molar-refractivity contribution in [2.45, 2.75) is 26.2 Å². The maximum Gasteiger partial charge on any atom is 0.240 e. The molecule has 1 aromatic carbocycles. The van der Waals surface area contributed by atoms with E-state index >= 15 is 0 Å². The fourth-order valence-electron chi connectivity index (χ4n) is 3.07. The molecule has 0 bridgehead atoms. The molecule has 0 radical (unpaired) electrons. The summed E-state index contributed by atoms with van der Waals surface area (Å²) in [4.78, 5) is 39.5. The van der Waals surface area contributed by atoms with Gasteiger partial charge in [0.25, 0.3) is 0 Å². The van der Waals surface area contributed by atoms with Gasteiger partial charge in [-0.05, 0) is 37.0 Å². The van der Waals surface area contributed by atoms with Crippen LogP contribution in [-0.2, 0) is 20.8 Å². The fourth-order valence-corrected chi connectivity index (χ4v) is 3.07. The van der Waals surface area contributed by atoms with Crippen LogP contribution in [0.15, 0.2) is 24.3 Å². The van der Waals surface area contributed by atoms with E-state index in [1.807, 2.05) is 24.3 Å². The van der Waals surface area contributed by atoms with Gasteiger partial charge in [-0.2, -0.15) is 0 Å². The predicted octanol–water partition coefficient (Wildman–Crippen LogP) is 1.27. The molecule has 1 N–H and O–H groups in total. The molecule has 6 heteroatoms. The number of piperazine rings is 1. The Hall–Kier alpha value is -2.37. The Kier molecular flexibility index (Phi) is 4.55. The number of hydrogen-bond acceptors (Lipinski definition) is 3. The van der Waals surface area contributed by atoms with E-state index in [0.717, 1.165) is 18.5 Å². The SMILES string of the molecule is CCc1ccc(NC(=O)C2(C(=O)N3CCN(C=O)CC3)CC2)cc1. The molecule has 0 atom stereocenters. The van der Waals surface area contributed by atoms with Crippen LogP contribution in [-0.4, -0.2) is 54.2 Å². The van der Waals surface area contributed by atoms with Gasteiger partial charge in [-0.3, -0.25) is 14.4 Å². The Bertz CT molecular complexity index is 629. The van der Waals surface area contributed by atoms with E-state index in [1.54, 1.807) is 9.80 Å². The molecular weight excluding hydrogens is 306 g/mol. The van der Waals surface area contributed by atoms with Crippen LogP contribution in [0.1, 0.15) is 25.3 Å². The Labute approximate surface area is 141 Å². The number of aryl methyl sites for hydroxylation is 1. The summed E-state index contributed by atoms with van der Waals surface area (Å²) >= 11 is 0. The van der Waals surface area contributed by atoms with Gasteiger partial charge < -0.3 is 15.1 Å². The number of carbonyl (C=O) groups is 3. The van der Waals surface area contributed by atoms with E-state index in [4.69, 9.17) is 0 Å². The molecule has 0 aromatic heterocycles. The Balaban J connectivity index is 1.63. The Morgan fingerprint density at radius 2 is 1.75 bits per heavy atom. The standard InChI is InChI=1S/C18H23N3O3/c1-2-14-3-5-15(6-4-14)19-16(23)18(7-8-18)17(24)21-11-9-20(13-22)10-12-21/h3-6,13H,2,7-12H2,1H3,(H,19,23). The van der Waals surface area contributed by atoms with Crippen molar-refractivity contribution in [3.8, 4) is 0 Å². The van der Waals surface area contributed by atoms with E-state index in [9.17, 15) is 14.4 Å². The minimum Gasteiger partial charge on any atom is -0.342 e. The average Bonchev–Trinajstić information content (AvgIpc) is 3.44. The molecule has 1 aromatic rings. The predicted molar refractivity (Wildman–Crippen MR) is 90.3 cm³/mol. The van der Waals surface area contributed by atoms with E-state index in [1.165, 1.54) is 5.56 Å². The summed E-state index contributed by atoms with van der Waals surface area (Å²) in [5.74, 6) is -0.315. The van der Waals surface area contributed by atoms with Crippen LogP contribution in [0.4, 0.5) is 5.69 Å². The number of amides is 3. The summed E-state index contributed by atoms with van der Waals surface area (Å²) < 4.78 is 0. The van der Waals surface area contributed by atoms with Crippen molar-refractivity contribution < 1.29 is 14.4 Å². The van der Waals surface area contributed by atoms with Crippen molar-refractivity contribution in [3.05, 3.63) is 29.8 Å². The van der Waals surface area contributed by atoms with Gasteiger partial charge in [-0.15, -0.1) is 0 Å². The lowest BCUT2D eigenvalue weighted by atomic mass is 10.0. The summed E-state index contributed by atoms with van der Waals surface area (Å²) in [6, 6.07) is 7.71. The average molecular weight is 329 g/mol. The van der Waals surface area contributed by atoms with Gasteiger partial charge in [-0.25, -0.2) is 0 Å². The van der Waals surface area contributed by atoms with Gasteiger partial charge in [0.15, 0.2) is 0 Å². The summed E-state index contributed by atoms with van der Waals surface area (Å²) in [6.07, 6.45) is 2.95. The lowest BCUT2D eigenvalue weighted by Gasteiger charge is -2.34. The first-order valence-electron chi connectivity index (χ1n) is 8.48.